The van der Waals surface area contributed by atoms with Crippen LogP contribution in [0, 0.1) is 35.0 Å². The monoisotopic (exact) mass is 620 g/mol. The largest absolute Gasteiger partial charge is 0.414 e. The molecule has 0 radical (unpaired) electrons. The van der Waals surface area contributed by atoms with Crippen molar-refractivity contribution in [3.63, 3.8) is 0 Å². The summed E-state index contributed by atoms with van der Waals surface area (Å²) in [5, 5.41) is 0.0483. The van der Waals surface area contributed by atoms with Crippen molar-refractivity contribution in [3.05, 3.63) is 11.6 Å². The molecule has 0 aromatic rings. The van der Waals surface area contributed by atoms with Crippen molar-refractivity contribution in [2.75, 3.05) is 10.2 Å². The van der Waals surface area contributed by atoms with E-state index in [0.29, 0.717) is 17.1 Å². The van der Waals surface area contributed by atoms with Crippen LogP contribution in [0.25, 0.3) is 0 Å². The number of rotatable bonds is 5. The smallest absolute Gasteiger partial charge is 0.192 e. The van der Waals surface area contributed by atoms with E-state index in [1.54, 1.807) is 5.57 Å². The zero-order valence-corrected chi connectivity index (χ0v) is 26.7. The lowest BCUT2D eigenvalue weighted by atomic mass is 9.61. The summed E-state index contributed by atoms with van der Waals surface area (Å²) in [5.74, 6) is 3.07. The molecular weight excluding hydrogens is 571 g/mol. The lowest BCUT2D eigenvalue weighted by molar-refractivity contribution is 0.0998. The van der Waals surface area contributed by atoms with Crippen molar-refractivity contribution in [2.45, 2.75) is 115 Å². The Kier molecular flexibility index (Phi) is 7.90. The van der Waals surface area contributed by atoms with Crippen LogP contribution in [0.2, 0.25) is 18.1 Å². The Morgan fingerprint density at radius 2 is 1.91 bits per heavy atom. The molecule has 3 nitrogen and oxygen atoms in total. The number of halogens is 1. The summed E-state index contributed by atoms with van der Waals surface area (Å²) in [6, 6.07) is 0. The highest BCUT2D eigenvalue weighted by Gasteiger charge is 2.53. The Bertz CT molecular complexity index is 892. The van der Waals surface area contributed by atoms with Crippen LogP contribution < -0.4 is 0 Å². The quantitative estimate of drug-likeness (QED) is 0.136. The number of sulfone groups is 1. The minimum absolute atomic E-state index is 0.140. The van der Waals surface area contributed by atoms with Crippen molar-refractivity contribution in [1.29, 1.82) is 0 Å². The van der Waals surface area contributed by atoms with Crippen molar-refractivity contribution >= 4 is 40.7 Å². The molecule has 196 valence electrons. The first-order valence-electron chi connectivity index (χ1n) is 13.9. The summed E-state index contributed by atoms with van der Waals surface area (Å²) in [7, 11) is -4.85. The van der Waals surface area contributed by atoms with Crippen LogP contribution in [-0.4, -0.2) is 38.3 Å². The van der Waals surface area contributed by atoms with E-state index >= 15 is 0 Å². The average Bonchev–Trinajstić information content (AvgIpc) is 3.20. The molecule has 0 unspecified atom stereocenters. The summed E-state index contributed by atoms with van der Waals surface area (Å²) in [4.78, 5) is 0. The molecule has 1 saturated heterocycles. The maximum atomic E-state index is 13.2. The highest BCUT2D eigenvalue weighted by Crippen LogP contribution is 2.60. The summed E-state index contributed by atoms with van der Waals surface area (Å²) >= 11 is 2.57. The molecule has 3 saturated carbocycles. The van der Waals surface area contributed by atoms with Gasteiger partial charge in [-0.3, -0.25) is 0 Å². The fraction of sp³-hybridized carbons (Fsp3) is 0.929. The van der Waals surface area contributed by atoms with Gasteiger partial charge in [-0.2, -0.15) is 0 Å². The molecule has 0 amide bonds. The molecule has 4 fully saturated rings. The van der Waals surface area contributed by atoms with Crippen LogP contribution in [0.4, 0.5) is 0 Å². The fourth-order valence-electron chi connectivity index (χ4n) is 8.02. The Hall–Kier alpha value is 0.597. The van der Waals surface area contributed by atoms with Crippen LogP contribution >= 0.6 is 22.6 Å². The van der Waals surface area contributed by atoms with Gasteiger partial charge in [0.15, 0.2) is 18.2 Å². The number of hydrogen-bond donors (Lipinski definition) is 0. The van der Waals surface area contributed by atoms with E-state index in [9.17, 15) is 8.42 Å². The highest BCUT2D eigenvalue weighted by molar-refractivity contribution is 14.1. The molecule has 1 heterocycles. The van der Waals surface area contributed by atoms with Crippen molar-refractivity contribution < 1.29 is 12.8 Å². The predicted octanol–water partition coefficient (Wildman–Crippen LogP) is 7.80. The maximum Gasteiger partial charge on any atom is 0.192 e. The van der Waals surface area contributed by atoms with Crippen molar-refractivity contribution in [1.82, 2.24) is 0 Å². The number of alkyl halides is 1. The predicted molar refractivity (Wildman–Crippen MR) is 155 cm³/mol. The van der Waals surface area contributed by atoms with Gasteiger partial charge < -0.3 is 4.43 Å². The Morgan fingerprint density at radius 1 is 1.21 bits per heavy atom. The molecule has 0 bridgehead atoms. The van der Waals surface area contributed by atoms with Crippen LogP contribution in [0.15, 0.2) is 11.6 Å². The molecule has 3 aliphatic carbocycles. The van der Waals surface area contributed by atoms with Gasteiger partial charge in [0, 0.05) is 10.5 Å². The van der Waals surface area contributed by atoms with E-state index in [-0.39, 0.29) is 28.2 Å². The van der Waals surface area contributed by atoms with Gasteiger partial charge in [0.1, 0.15) is 0 Å². The van der Waals surface area contributed by atoms with Crippen LogP contribution in [-0.2, 0) is 14.3 Å². The van der Waals surface area contributed by atoms with Gasteiger partial charge in [-0.25, -0.2) is 8.42 Å². The molecule has 34 heavy (non-hydrogen) atoms. The molecule has 0 aromatic carbocycles. The number of allylic oxidation sites excluding steroid dienone is 2. The highest BCUT2D eigenvalue weighted by atomic mass is 127. The molecule has 0 N–H and O–H groups in total. The number of hydrogen-bond acceptors (Lipinski definition) is 3. The van der Waals surface area contributed by atoms with E-state index in [2.05, 4.69) is 76.4 Å². The summed E-state index contributed by atoms with van der Waals surface area (Å²) in [6.07, 6.45) is 11.8. The first kappa shape index (κ1) is 27.6. The summed E-state index contributed by atoms with van der Waals surface area (Å²) in [5.41, 5.74) is 2.02. The molecular formula is C28H49IO3SSi. The molecule has 0 spiro atoms. The Labute approximate surface area is 224 Å². The van der Waals surface area contributed by atoms with Crippen LogP contribution in [0.3, 0.4) is 0 Å². The van der Waals surface area contributed by atoms with Gasteiger partial charge in [-0.15, -0.1) is 0 Å². The Balaban J connectivity index is 1.56. The zero-order valence-electron chi connectivity index (χ0n) is 22.7. The van der Waals surface area contributed by atoms with E-state index in [0.717, 1.165) is 31.1 Å². The van der Waals surface area contributed by atoms with Crippen molar-refractivity contribution in [2.24, 2.45) is 35.0 Å². The molecule has 0 aromatic heterocycles. The number of fused-ring (bicyclic) bond motifs is 2. The van der Waals surface area contributed by atoms with E-state index in [1.807, 2.05) is 0 Å². The van der Waals surface area contributed by atoms with Gasteiger partial charge in [0.05, 0.1) is 11.0 Å². The second-order valence-electron chi connectivity index (χ2n) is 14.0. The third-order valence-corrected chi connectivity index (χ3v) is 19.2. The van der Waals surface area contributed by atoms with E-state index in [1.165, 1.54) is 36.5 Å². The van der Waals surface area contributed by atoms with Gasteiger partial charge in [0.2, 0.25) is 0 Å². The van der Waals surface area contributed by atoms with E-state index in [4.69, 9.17) is 4.43 Å². The minimum Gasteiger partial charge on any atom is -0.414 e. The van der Waals surface area contributed by atoms with Crippen molar-refractivity contribution in [3.8, 4) is 0 Å². The Morgan fingerprint density at radius 3 is 2.56 bits per heavy atom. The second kappa shape index (κ2) is 9.72. The van der Waals surface area contributed by atoms with Gasteiger partial charge in [0.25, 0.3) is 0 Å². The standard InChI is InChI=1S/C28H49IO3SSi/c1-19(17-29)24-11-12-25-20(9-8-14-28(24,25)5)15-21-18-33(30,31)26-13-10-22(16-23(21)26)32-34(6,7)27(2,3)4/h15,19,21-26H,8-14,16-18H2,1-7H3/b20-15+/t19-,21-,22+,23+,24-,25-,26+,28-/m1/s1. The topological polar surface area (TPSA) is 43.4 Å². The normalized spacial score (nSPS) is 42.4. The second-order valence-corrected chi connectivity index (χ2v) is 21.9. The SMILES string of the molecule is C[C@H](CI)[C@H]1CC[C@@H]2/C(=C/[C@@H]3CS(=O)(=O)[C@H]4CC[C@H](O[Si](C)(C)C(C)(C)C)C[C@@H]34)CCC[C@@]21C. The third kappa shape index (κ3) is 5.01. The molecule has 1 aliphatic heterocycles. The van der Waals surface area contributed by atoms with Crippen LogP contribution in [0.1, 0.15) is 86.0 Å². The maximum absolute atomic E-state index is 13.2. The zero-order chi connectivity index (χ0) is 25.1. The van der Waals surface area contributed by atoms with E-state index < -0.39 is 18.2 Å². The lowest BCUT2D eigenvalue weighted by Gasteiger charge is -2.45. The fourth-order valence-corrected chi connectivity index (χ4v) is 12.5. The average molecular weight is 621 g/mol. The molecule has 8 atom stereocenters. The first-order valence-corrected chi connectivity index (χ1v) is 20.0. The van der Waals surface area contributed by atoms with Gasteiger partial charge in [-0.05, 0) is 105 Å². The minimum atomic E-state index is -3.00. The molecule has 4 aliphatic rings. The van der Waals surface area contributed by atoms with Crippen LogP contribution in [0.5, 0.6) is 0 Å². The van der Waals surface area contributed by atoms with Gasteiger partial charge >= 0.3 is 0 Å². The summed E-state index contributed by atoms with van der Waals surface area (Å²) < 4.78 is 34.5. The lowest BCUT2D eigenvalue weighted by Crippen LogP contribution is -2.46. The van der Waals surface area contributed by atoms with Gasteiger partial charge in [-0.1, -0.05) is 68.9 Å². The molecule has 4 rings (SSSR count). The first-order chi connectivity index (χ1) is 15.7. The third-order valence-electron chi connectivity index (χ3n) is 10.9. The molecule has 6 heteroatoms. The summed E-state index contributed by atoms with van der Waals surface area (Å²) in [6.45, 7) is 16.6.